The minimum atomic E-state index is 0.393. The average molecular weight is 309 g/mol. The van der Waals surface area contributed by atoms with Crippen molar-refractivity contribution in [2.45, 2.75) is 30.7 Å². The highest BCUT2D eigenvalue weighted by Crippen LogP contribution is 2.54. The summed E-state index contributed by atoms with van der Waals surface area (Å²) < 4.78 is 0. The maximum atomic E-state index is 5.98. The van der Waals surface area contributed by atoms with Crippen molar-refractivity contribution >= 4 is 11.8 Å². The van der Waals surface area contributed by atoms with Gasteiger partial charge in [0.05, 0.1) is 5.69 Å². The minimum Gasteiger partial charge on any atom is -0.368 e. The molecular weight excluding hydrogens is 286 g/mol. The van der Waals surface area contributed by atoms with Gasteiger partial charge in [0.1, 0.15) is 5.82 Å². The van der Waals surface area contributed by atoms with E-state index in [1.807, 2.05) is 7.05 Å². The highest BCUT2D eigenvalue weighted by atomic mass is 15.2. The molecule has 1 saturated carbocycles. The normalized spacial score (nSPS) is 26.5. The van der Waals surface area contributed by atoms with E-state index in [-0.39, 0.29) is 0 Å². The zero-order chi connectivity index (χ0) is 15.8. The number of aromatic nitrogens is 2. The van der Waals surface area contributed by atoms with E-state index < -0.39 is 0 Å². The van der Waals surface area contributed by atoms with Crippen LogP contribution >= 0.6 is 0 Å². The fourth-order valence-corrected chi connectivity index (χ4v) is 3.62. The maximum absolute atomic E-state index is 5.98. The van der Waals surface area contributed by atoms with Crippen LogP contribution in [0, 0.1) is 0 Å². The molecule has 1 aromatic carbocycles. The van der Waals surface area contributed by atoms with Gasteiger partial charge < -0.3 is 16.0 Å². The van der Waals surface area contributed by atoms with E-state index in [0.717, 1.165) is 37.4 Å². The summed E-state index contributed by atoms with van der Waals surface area (Å²) >= 11 is 0. The molecule has 5 heteroatoms. The van der Waals surface area contributed by atoms with E-state index in [0.29, 0.717) is 23.8 Å². The molecule has 23 heavy (non-hydrogen) atoms. The number of hydrogen-bond acceptors (Lipinski definition) is 5. The second-order valence-electron chi connectivity index (χ2n) is 6.59. The van der Waals surface area contributed by atoms with Crippen LogP contribution in [0.4, 0.5) is 11.8 Å². The Morgan fingerprint density at radius 1 is 1.17 bits per heavy atom. The number of nitrogens with two attached hydrogens (primary N) is 1. The zero-order valence-electron chi connectivity index (χ0n) is 13.4. The van der Waals surface area contributed by atoms with Crippen molar-refractivity contribution in [3.63, 3.8) is 0 Å². The molecule has 1 aliphatic carbocycles. The minimum absolute atomic E-state index is 0.393. The van der Waals surface area contributed by atoms with Gasteiger partial charge in [0.15, 0.2) is 0 Å². The van der Waals surface area contributed by atoms with Gasteiger partial charge in [0, 0.05) is 31.1 Å². The first-order valence-corrected chi connectivity index (χ1v) is 8.36. The molecule has 2 fully saturated rings. The maximum Gasteiger partial charge on any atom is 0.222 e. The van der Waals surface area contributed by atoms with Gasteiger partial charge in [-0.15, -0.1) is 0 Å². The SMILES string of the molecule is CNC1CCN(c2cc(C3CC3c3ccccc3)nc(N)n2)C1. The van der Waals surface area contributed by atoms with Crippen LogP contribution in [0.2, 0.25) is 0 Å². The molecule has 1 aliphatic heterocycles. The Morgan fingerprint density at radius 3 is 2.74 bits per heavy atom. The third-order valence-electron chi connectivity index (χ3n) is 5.07. The molecule has 2 aromatic rings. The van der Waals surface area contributed by atoms with Crippen molar-refractivity contribution in [1.29, 1.82) is 0 Å². The van der Waals surface area contributed by atoms with Gasteiger partial charge in [0.25, 0.3) is 0 Å². The molecule has 120 valence electrons. The standard InChI is InChI=1S/C18H23N5/c1-20-13-7-8-23(11-13)17-10-16(21-18(19)22-17)15-9-14(15)12-5-3-2-4-6-12/h2-6,10,13-15,20H,7-9,11H2,1H3,(H2,19,21,22). The smallest absolute Gasteiger partial charge is 0.222 e. The predicted molar refractivity (Wildman–Crippen MR) is 92.7 cm³/mol. The lowest BCUT2D eigenvalue weighted by Crippen LogP contribution is -2.30. The second kappa shape index (κ2) is 5.81. The van der Waals surface area contributed by atoms with Crippen molar-refractivity contribution in [1.82, 2.24) is 15.3 Å². The van der Waals surface area contributed by atoms with Crippen LogP contribution in [0.15, 0.2) is 36.4 Å². The Balaban J connectivity index is 1.54. The van der Waals surface area contributed by atoms with E-state index in [1.54, 1.807) is 0 Å². The molecule has 3 atom stereocenters. The Morgan fingerprint density at radius 2 is 2.00 bits per heavy atom. The third-order valence-corrected chi connectivity index (χ3v) is 5.07. The Bertz CT molecular complexity index is 687. The highest BCUT2D eigenvalue weighted by molar-refractivity contribution is 5.47. The Labute approximate surface area is 136 Å². The van der Waals surface area contributed by atoms with Crippen molar-refractivity contribution in [3.8, 4) is 0 Å². The van der Waals surface area contributed by atoms with Gasteiger partial charge in [-0.3, -0.25) is 0 Å². The first-order chi connectivity index (χ1) is 11.2. The van der Waals surface area contributed by atoms with Crippen LogP contribution in [-0.4, -0.2) is 36.1 Å². The van der Waals surface area contributed by atoms with Crippen molar-refractivity contribution in [2.24, 2.45) is 0 Å². The monoisotopic (exact) mass is 309 g/mol. The summed E-state index contributed by atoms with van der Waals surface area (Å²) in [6.07, 6.45) is 2.30. The van der Waals surface area contributed by atoms with Crippen LogP contribution < -0.4 is 16.0 Å². The molecule has 0 spiro atoms. The van der Waals surface area contributed by atoms with Gasteiger partial charge in [-0.05, 0) is 31.4 Å². The molecule has 0 radical (unpaired) electrons. The predicted octanol–water partition coefficient (Wildman–Crippen LogP) is 2.13. The Hall–Kier alpha value is -2.14. The first kappa shape index (κ1) is 14.5. The lowest BCUT2D eigenvalue weighted by molar-refractivity contribution is 0.616. The Kier molecular flexibility index (Phi) is 3.65. The van der Waals surface area contributed by atoms with E-state index in [2.05, 4.69) is 56.6 Å². The van der Waals surface area contributed by atoms with Gasteiger partial charge in [-0.25, -0.2) is 4.98 Å². The summed E-state index contributed by atoms with van der Waals surface area (Å²) in [4.78, 5) is 11.3. The topological polar surface area (TPSA) is 67.1 Å². The van der Waals surface area contributed by atoms with Crippen LogP contribution in [0.25, 0.3) is 0 Å². The molecule has 1 saturated heterocycles. The molecule has 0 amide bonds. The van der Waals surface area contributed by atoms with Crippen molar-refractivity contribution in [2.75, 3.05) is 30.8 Å². The number of anilines is 2. The first-order valence-electron chi connectivity index (χ1n) is 8.36. The lowest BCUT2D eigenvalue weighted by Gasteiger charge is -2.18. The number of benzene rings is 1. The van der Waals surface area contributed by atoms with E-state index in [1.165, 1.54) is 5.56 Å². The van der Waals surface area contributed by atoms with E-state index in [4.69, 9.17) is 5.73 Å². The van der Waals surface area contributed by atoms with Gasteiger partial charge in [-0.2, -0.15) is 4.98 Å². The summed E-state index contributed by atoms with van der Waals surface area (Å²) in [6.45, 7) is 2.01. The zero-order valence-corrected chi connectivity index (χ0v) is 13.4. The highest BCUT2D eigenvalue weighted by Gasteiger charge is 2.41. The quantitative estimate of drug-likeness (QED) is 0.905. The average Bonchev–Trinajstić information content (AvgIpc) is 3.24. The molecule has 2 heterocycles. The summed E-state index contributed by atoms with van der Waals surface area (Å²) in [5.41, 5.74) is 8.47. The molecule has 3 N–H and O–H groups in total. The number of hydrogen-bond donors (Lipinski definition) is 2. The number of nitrogen functional groups attached to an aromatic ring is 1. The lowest BCUT2D eigenvalue weighted by atomic mass is 10.1. The number of nitrogens with one attached hydrogen (secondary N) is 1. The molecule has 5 nitrogen and oxygen atoms in total. The molecule has 3 unspecified atom stereocenters. The second-order valence-corrected chi connectivity index (χ2v) is 6.59. The summed E-state index contributed by atoms with van der Waals surface area (Å²) in [7, 11) is 2.02. The largest absolute Gasteiger partial charge is 0.368 e. The number of likely N-dealkylation sites (N-methyl/N-ethyl adjacent to an activating group) is 1. The van der Waals surface area contributed by atoms with E-state index >= 15 is 0 Å². The summed E-state index contributed by atoms with van der Waals surface area (Å²) in [6, 6.07) is 13.4. The van der Waals surface area contributed by atoms with Crippen molar-refractivity contribution in [3.05, 3.63) is 47.7 Å². The fraction of sp³-hybridized carbons (Fsp3) is 0.444. The van der Waals surface area contributed by atoms with Crippen LogP contribution in [-0.2, 0) is 0 Å². The molecular formula is C18H23N5. The van der Waals surface area contributed by atoms with Crippen LogP contribution in [0.1, 0.15) is 35.9 Å². The number of rotatable bonds is 4. The fourth-order valence-electron chi connectivity index (χ4n) is 3.62. The van der Waals surface area contributed by atoms with Crippen LogP contribution in [0.5, 0.6) is 0 Å². The summed E-state index contributed by atoms with van der Waals surface area (Å²) in [5.74, 6) is 2.42. The van der Waals surface area contributed by atoms with Gasteiger partial charge in [0.2, 0.25) is 5.95 Å². The molecule has 4 rings (SSSR count). The summed E-state index contributed by atoms with van der Waals surface area (Å²) in [5, 5.41) is 3.34. The van der Waals surface area contributed by atoms with Crippen LogP contribution in [0.3, 0.4) is 0 Å². The molecule has 1 aromatic heterocycles. The third kappa shape index (κ3) is 2.88. The van der Waals surface area contributed by atoms with E-state index in [9.17, 15) is 0 Å². The number of nitrogens with zero attached hydrogens (tertiary/aromatic N) is 3. The molecule has 2 aliphatic rings. The van der Waals surface area contributed by atoms with Crippen molar-refractivity contribution < 1.29 is 0 Å². The van der Waals surface area contributed by atoms with Gasteiger partial charge in [-0.1, -0.05) is 30.3 Å². The molecule has 0 bridgehead atoms. The van der Waals surface area contributed by atoms with Gasteiger partial charge >= 0.3 is 0 Å².